The molecule has 0 aliphatic heterocycles. The average Bonchev–Trinajstić information content (AvgIpc) is 2.38. The van der Waals surface area contributed by atoms with E-state index in [1.807, 2.05) is 0 Å². The van der Waals surface area contributed by atoms with Crippen LogP contribution in [-0.2, 0) is 0 Å². The monoisotopic (exact) mass is 243 g/mol. The molecule has 1 nitrogen and oxygen atoms in total. The SMILES string of the molecule is CC(N)CP(c1ccccc1)c1ccccc1. The van der Waals surface area contributed by atoms with Gasteiger partial charge >= 0.3 is 0 Å². The zero-order valence-electron chi connectivity index (χ0n) is 10.1. The smallest absolute Gasteiger partial charge is 0.00557 e. The summed E-state index contributed by atoms with van der Waals surface area (Å²) in [5, 5.41) is 2.82. The van der Waals surface area contributed by atoms with Crippen molar-refractivity contribution in [3.05, 3.63) is 60.7 Å². The molecule has 17 heavy (non-hydrogen) atoms. The number of hydrogen-bond donors (Lipinski definition) is 1. The summed E-state index contributed by atoms with van der Waals surface area (Å²) in [6.45, 7) is 2.08. The van der Waals surface area contributed by atoms with Crippen molar-refractivity contribution in [1.29, 1.82) is 0 Å². The Labute approximate surface area is 104 Å². The highest BCUT2D eigenvalue weighted by Gasteiger charge is 2.14. The predicted molar refractivity (Wildman–Crippen MR) is 77.6 cm³/mol. The van der Waals surface area contributed by atoms with Gasteiger partial charge in [-0.3, -0.25) is 0 Å². The second-order valence-electron chi connectivity index (χ2n) is 4.26. The quantitative estimate of drug-likeness (QED) is 0.820. The molecule has 0 aromatic heterocycles. The van der Waals surface area contributed by atoms with Gasteiger partial charge in [0.1, 0.15) is 0 Å². The van der Waals surface area contributed by atoms with Gasteiger partial charge in [-0.1, -0.05) is 60.7 Å². The highest BCUT2D eigenvalue weighted by molar-refractivity contribution is 7.73. The molecular weight excluding hydrogens is 225 g/mol. The Morgan fingerprint density at radius 3 is 1.65 bits per heavy atom. The summed E-state index contributed by atoms with van der Waals surface area (Å²) in [5.74, 6) is 0. The fraction of sp³-hybridized carbons (Fsp3) is 0.200. The van der Waals surface area contributed by atoms with Gasteiger partial charge in [0.25, 0.3) is 0 Å². The number of benzene rings is 2. The van der Waals surface area contributed by atoms with Crippen molar-refractivity contribution in [3.8, 4) is 0 Å². The largest absolute Gasteiger partial charge is 0.328 e. The molecule has 0 radical (unpaired) electrons. The van der Waals surface area contributed by atoms with E-state index in [9.17, 15) is 0 Å². The van der Waals surface area contributed by atoms with Gasteiger partial charge in [0.2, 0.25) is 0 Å². The fourth-order valence-corrected chi connectivity index (χ4v) is 4.22. The van der Waals surface area contributed by atoms with Crippen LogP contribution in [0.4, 0.5) is 0 Å². The lowest BCUT2D eigenvalue weighted by Gasteiger charge is -2.20. The van der Waals surface area contributed by atoms with Gasteiger partial charge in [0.15, 0.2) is 0 Å². The Bertz CT molecular complexity index is 399. The summed E-state index contributed by atoms with van der Waals surface area (Å²) in [6.07, 6.45) is 1.04. The number of hydrogen-bond acceptors (Lipinski definition) is 1. The lowest BCUT2D eigenvalue weighted by Crippen LogP contribution is -2.25. The molecule has 0 saturated carbocycles. The van der Waals surface area contributed by atoms with E-state index in [4.69, 9.17) is 5.73 Å². The summed E-state index contributed by atoms with van der Waals surface area (Å²) >= 11 is 0. The minimum absolute atomic E-state index is 0.238. The van der Waals surface area contributed by atoms with Crippen LogP contribution in [0.3, 0.4) is 0 Å². The van der Waals surface area contributed by atoms with Gasteiger partial charge in [-0.05, 0) is 31.6 Å². The van der Waals surface area contributed by atoms with Crippen LogP contribution >= 0.6 is 7.92 Å². The molecule has 0 aliphatic carbocycles. The molecule has 0 aliphatic rings. The molecule has 88 valence electrons. The summed E-state index contributed by atoms with van der Waals surface area (Å²) in [6, 6.07) is 21.6. The maximum Gasteiger partial charge on any atom is 0.00557 e. The van der Waals surface area contributed by atoms with Crippen molar-refractivity contribution in [3.63, 3.8) is 0 Å². The van der Waals surface area contributed by atoms with Crippen LogP contribution in [-0.4, -0.2) is 12.2 Å². The first-order valence-electron chi connectivity index (χ1n) is 5.90. The van der Waals surface area contributed by atoms with E-state index >= 15 is 0 Å². The Kier molecular flexibility index (Phi) is 4.30. The zero-order valence-corrected chi connectivity index (χ0v) is 11.0. The van der Waals surface area contributed by atoms with Crippen LogP contribution in [0.5, 0.6) is 0 Å². The van der Waals surface area contributed by atoms with Gasteiger partial charge in [0, 0.05) is 6.04 Å². The molecule has 0 amide bonds. The Morgan fingerprint density at radius 1 is 0.882 bits per heavy atom. The Morgan fingerprint density at radius 2 is 1.29 bits per heavy atom. The second-order valence-corrected chi connectivity index (χ2v) is 6.51. The maximum absolute atomic E-state index is 5.98. The van der Waals surface area contributed by atoms with Gasteiger partial charge in [-0.2, -0.15) is 0 Å². The fourth-order valence-electron chi connectivity index (χ4n) is 1.86. The topological polar surface area (TPSA) is 26.0 Å². The second kappa shape index (κ2) is 5.95. The third kappa shape index (κ3) is 3.39. The van der Waals surface area contributed by atoms with Crippen molar-refractivity contribution in [2.24, 2.45) is 5.73 Å². The van der Waals surface area contributed by atoms with Crippen molar-refractivity contribution in [1.82, 2.24) is 0 Å². The molecule has 2 rings (SSSR count). The summed E-state index contributed by atoms with van der Waals surface area (Å²) < 4.78 is 0. The molecule has 0 fully saturated rings. The summed E-state index contributed by atoms with van der Waals surface area (Å²) in [4.78, 5) is 0. The van der Waals surface area contributed by atoms with Crippen LogP contribution in [0, 0.1) is 0 Å². The predicted octanol–water partition coefficient (Wildman–Crippen LogP) is 2.47. The van der Waals surface area contributed by atoms with E-state index < -0.39 is 0 Å². The average molecular weight is 243 g/mol. The molecule has 0 heterocycles. The van der Waals surface area contributed by atoms with Gasteiger partial charge in [-0.25, -0.2) is 0 Å². The molecule has 2 aromatic carbocycles. The van der Waals surface area contributed by atoms with Gasteiger partial charge < -0.3 is 5.73 Å². The molecule has 1 unspecified atom stereocenters. The Hall–Kier alpha value is -1.17. The van der Waals surface area contributed by atoms with Crippen LogP contribution < -0.4 is 16.3 Å². The highest BCUT2D eigenvalue weighted by atomic mass is 31.1. The minimum atomic E-state index is -0.315. The first kappa shape index (κ1) is 12.3. The summed E-state index contributed by atoms with van der Waals surface area (Å²) in [5.41, 5.74) is 5.98. The Balaban J connectivity index is 2.32. The van der Waals surface area contributed by atoms with Crippen LogP contribution in [0.1, 0.15) is 6.92 Å². The molecule has 2 N–H and O–H groups in total. The number of nitrogens with two attached hydrogens (primary N) is 1. The van der Waals surface area contributed by atoms with E-state index in [0.717, 1.165) is 6.16 Å². The highest BCUT2D eigenvalue weighted by Crippen LogP contribution is 2.33. The van der Waals surface area contributed by atoms with Crippen LogP contribution in [0.15, 0.2) is 60.7 Å². The van der Waals surface area contributed by atoms with Crippen molar-refractivity contribution in [2.45, 2.75) is 13.0 Å². The first-order chi connectivity index (χ1) is 8.27. The summed E-state index contributed by atoms with van der Waals surface area (Å²) in [7, 11) is -0.315. The molecule has 2 aromatic rings. The van der Waals surface area contributed by atoms with E-state index in [-0.39, 0.29) is 14.0 Å². The standard InChI is InChI=1S/C15H18NP/c1-13(16)12-17(14-8-4-2-5-9-14)15-10-6-3-7-11-15/h2-11,13H,12,16H2,1H3. The van der Waals surface area contributed by atoms with E-state index in [0.29, 0.717) is 0 Å². The normalized spacial score (nSPS) is 12.6. The third-order valence-corrected chi connectivity index (χ3v) is 5.39. The molecule has 2 heteroatoms. The van der Waals surface area contributed by atoms with Crippen molar-refractivity contribution < 1.29 is 0 Å². The van der Waals surface area contributed by atoms with Crippen molar-refractivity contribution >= 4 is 18.5 Å². The minimum Gasteiger partial charge on any atom is -0.328 e. The number of rotatable bonds is 4. The molecule has 0 bridgehead atoms. The van der Waals surface area contributed by atoms with Gasteiger partial charge in [0.05, 0.1) is 0 Å². The molecule has 0 spiro atoms. The zero-order chi connectivity index (χ0) is 12.1. The lowest BCUT2D eigenvalue weighted by atomic mass is 10.4. The van der Waals surface area contributed by atoms with Crippen LogP contribution in [0.25, 0.3) is 0 Å². The molecule has 0 saturated heterocycles. The third-order valence-electron chi connectivity index (χ3n) is 2.61. The van der Waals surface area contributed by atoms with E-state index in [1.54, 1.807) is 0 Å². The van der Waals surface area contributed by atoms with E-state index in [1.165, 1.54) is 10.6 Å². The lowest BCUT2D eigenvalue weighted by molar-refractivity contribution is 0.844. The van der Waals surface area contributed by atoms with Crippen LogP contribution in [0.2, 0.25) is 0 Å². The van der Waals surface area contributed by atoms with Gasteiger partial charge in [-0.15, -0.1) is 0 Å². The maximum atomic E-state index is 5.98. The molecule has 1 atom stereocenters. The van der Waals surface area contributed by atoms with Crippen molar-refractivity contribution in [2.75, 3.05) is 6.16 Å². The van der Waals surface area contributed by atoms with E-state index in [2.05, 4.69) is 67.6 Å². The molecular formula is C15H18NP. The first-order valence-corrected chi connectivity index (χ1v) is 7.43.